The summed E-state index contributed by atoms with van der Waals surface area (Å²) >= 11 is 0. The van der Waals surface area contributed by atoms with Crippen LogP contribution in [0.15, 0.2) is 48.5 Å². The fraction of sp³-hybridized carbons (Fsp3) is 0.391. The summed E-state index contributed by atoms with van der Waals surface area (Å²) in [4.78, 5) is 24.3. The average Bonchev–Trinajstić information content (AvgIpc) is 2.62. The Morgan fingerprint density at radius 1 is 0.966 bits per heavy atom. The van der Waals surface area contributed by atoms with Crippen molar-refractivity contribution in [1.82, 2.24) is 5.32 Å². The molecular weight excluding hydrogens is 366 g/mol. The minimum Gasteiger partial charge on any atom is -0.491 e. The molecule has 0 bridgehead atoms. The van der Waals surface area contributed by atoms with E-state index >= 15 is 0 Å². The second-order valence-corrected chi connectivity index (χ2v) is 8.25. The van der Waals surface area contributed by atoms with Crippen LogP contribution < -0.4 is 20.7 Å². The van der Waals surface area contributed by atoms with E-state index in [2.05, 4.69) is 16.0 Å². The molecule has 0 aliphatic carbocycles. The van der Waals surface area contributed by atoms with Crippen molar-refractivity contribution in [3.63, 3.8) is 0 Å². The number of hydrogen-bond acceptors (Lipinski definition) is 4. The molecule has 6 heteroatoms. The first-order valence-electron chi connectivity index (χ1n) is 9.81. The number of rotatable bonds is 8. The second kappa shape index (κ2) is 10.1. The summed E-state index contributed by atoms with van der Waals surface area (Å²) in [5.74, 6) is 0.608. The van der Waals surface area contributed by atoms with Gasteiger partial charge in [-0.25, -0.2) is 0 Å². The molecule has 3 N–H and O–H groups in total. The van der Waals surface area contributed by atoms with Crippen molar-refractivity contribution in [2.24, 2.45) is 5.41 Å². The van der Waals surface area contributed by atoms with Gasteiger partial charge in [0.25, 0.3) is 0 Å². The summed E-state index contributed by atoms with van der Waals surface area (Å²) in [7, 11) is 0. The molecule has 2 amide bonds. The van der Waals surface area contributed by atoms with Crippen LogP contribution in [0.3, 0.4) is 0 Å². The minimum atomic E-state index is -0.484. The number of nitrogens with one attached hydrogen (secondary N) is 3. The molecule has 6 nitrogen and oxygen atoms in total. The Morgan fingerprint density at radius 2 is 1.59 bits per heavy atom. The van der Waals surface area contributed by atoms with E-state index in [1.807, 2.05) is 58.9 Å². The van der Waals surface area contributed by atoms with E-state index < -0.39 is 5.41 Å². The van der Waals surface area contributed by atoms with Gasteiger partial charge in [-0.1, -0.05) is 39.0 Å². The summed E-state index contributed by atoms with van der Waals surface area (Å²) in [5.41, 5.74) is 1.88. The Hall–Kier alpha value is -2.86. The minimum absolute atomic E-state index is 0.0764. The number of benzene rings is 2. The van der Waals surface area contributed by atoms with Crippen LogP contribution in [-0.2, 0) is 16.1 Å². The van der Waals surface area contributed by atoms with Gasteiger partial charge in [-0.05, 0) is 49.7 Å². The van der Waals surface area contributed by atoms with Gasteiger partial charge in [0.2, 0.25) is 11.8 Å². The van der Waals surface area contributed by atoms with Crippen LogP contribution in [0.4, 0.5) is 11.4 Å². The van der Waals surface area contributed by atoms with Crippen molar-refractivity contribution >= 4 is 23.2 Å². The average molecular weight is 398 g/mol. The molecule has 0 radical (unpaired) electrons. The van der Waals surface area contributed by atoms with Crippen LogP contribution in [0.5, 0.6) is 5.75 Å². The highest BCUT2D eigenvalue weighted by molar-refractivity contribution is 5.96. The van der Waals surface area contributed by atoms with Crippen molar-refractivity contribution < 1.29 is 14.3 Å². The van der Waals surface area contributed by atoms with Crippen molar-refractivity contribution in [1.29, 1.82) is 0 Å². The highest BCUT2D eigenvalue weighted by Gasteiger charge is 2.21. The summed E-state index contributed by atoms with van der Waals surface area (Å²) < 4.78 is 5.62. The van der Waals surface area contributed by atoms with Crippen molar-refractivity contribution in [2.45, 2.75) is 47.3 Å². The fourth-order valence-corrected chi connectivity index (χ4v) is 2.48. The van der Waals surface area contributed by atoms with Gasteiger partial charge in [0, 0.05) is 23.3 Å². The maximum absolute atomic E-state index is 12.2. The molecule has 0 heterocycles. The first kappa shape index (κ1) is 22.4. The van der Waals surface area contributed by atoms with Crippen LogP contribution in [0.1, 0.15) is 40.2 Å². The fourth-order valence-electron chi connectivity index (χ4n) is 2.48. The Bertz CT molecular complexity index is 824. The van der Waals surface area contributed by atoms with Gasteiger partial charge in [-0.15, -0.1) is 0 Å². The van der Waals surface area contributed by atoms with E-state index in [4.69, 9.17) is 4.74 Å². The van der Waals surface area contributed by atoms with Crippen LogP contribution in [0.2, 0.25) is 0 Å². The maximum Gasteiger partial charge on any atom is 0.238 e. The Morgan fingerprint density at radius 3 is 2.17 bits per heavy atom. The topological polar surface area (TPSA) is 79.5 Å². The number of ether oxygens (including phenoxy) is 1. The lowest BCUT2D eigenvalue weighted by Crippen LogP contribution is -2.28. The highest BCUT2D eigenvalue weighted by Crippen LogP contribution is 2.20. The van der Waals surface area contributed by atoms with Gasteiger partial charge >= 0.3 is 0 Å². The highest BCUT2D eigenvalue weighted by atomic mass is 16.5. The van der Waals surface area contributed by atoms with Crippen molar-refractivity contribution in [3.8, 4) is 5.75 Å². The molecular formula is C23H31N3O3. The van der Waals surface area contributed by atoms with Gasteiger partial charge in [0.1, 0.15) is 5.75 Å². The summed E-state index contributed by atoms with van der Waals surface area (Å²) in [5, 5.41) is 8.82. The molecule has 0 saturated heterocycles. The van der Waals surface area contributed by atoms with Gasteiger partial charge in [0.05, 0.1) is 12.6 Å². The summed E-state index contributed by atoms with van der Waals surface area (Å²) in [6.07, 6.45) is 0.142. The largest absolute Gasteiger partial charge is 0.491 e. The second-order valence-electron chi connectivity index (χ2n) is 8.25. The predicted molar refractivity (Wildman–Crippen MR) is 117 cm³/mol. The third kappa shape index (κ3) is 7.95. The van der Waals surface area contributed by atoms with E-state index in [0.717, 1.165) is 11.3 Å². The molecule has 0 aliphatic heterocycles. The predicted octanol–water partition coefficient (Wildman–Crippen LogP) is 4.19. The van der Waals surface area contributed by atoms with Crippen LogP contribution in [0, 0.1) is 5.41 Å². The Balaban J connectivity index is 1.80. The quantitative estimate of drug-likeness (QED) is 0.624. The molecule has 0 spiro atoms. The molecule has 0 saturated carbocycles. The maximum atomic E-state index is 12.2. The standard InChI is InChI=1S/C23H31N3O3/c1-16(2)29-20-11-9-17(10-12-20)14-24-15-21(27)25-18-7-6-8-19(13-18)26-22(28)23(3,4)5/h6-13,16,24H,14-15H2,1-5H3,(H,25,27)(H,26,28). The van der Waals surface area contributed by atoms with Crippen molar-refractivity contribution in [3.05, 3.63) is 54.1 Å². The zero-order valence-electron chi connectivity index (χ0n) is 17.8. The molecule has 2 aromatic rings. The monoisotopic (exact) mass is 397 g/mol. The number of anilines is 2. The number of carbonyl (C=O) groups excluding carboxylic acids is 2. The van der Waals surface area contributed by atoms with Gasteiger partial charge in [-0.2, -0.15) is 0 Å². The molecule has 156 valence electrons. The number of hydrogen-bond donors (Lipinski definition) is 3. The van der Waals surface area contributed by atoms with Crippen molar-refractivity contribution in [2.75, 3.05) is 17.2 Å². The van der Waals surface area contributed by atoms with Gasteiger partial charge in [0.15, 0.2) is 0 Å². The summed E-state index contributed by atoms with van der Waals surface area (Å²) in [6, 6.07) is 14.9. The van der Waals surface area contributed by atoms with E-state index in [-0.39, 0.29) is 24.5 Å². The zero-order chi connectivity index (χ0) is 21.4. The molecule has 0 aliphatic rings. The molecule has 29 heavy (non-hydrogen) atoms. The lowest BCUT2D eigenvalue weighted by atomic mass is 9.95. The summed E-state index contributed by atoms with van der Waals surface area (Å²) in [6.45, 7) is 10.3. The Labute approximate surface area is 173 Å². The Kier molecular flexibility index (Phi) is 7.79. The van der Waals surface area contributed by atoms with Crippen LogP contribution in [-0.4, -0.2) is 24.5 Å². The number of carbonyl (C=O) groups is 2. The molecule has 2 aromatic carbocycles. The molecule has 0 aromatic heterocycles. The van der Waals surface area contributed by atoms with Crippen LogP contribution >= 0.6 is 0 Å². The first-order chi connectivity index (χ1) is 13.6. The molecule has 0 unspecified atom stereocenters. The normalized spacial score (nSPS) is 11.2. The SMILES string of the molecule is CC(C)Oc1ccc(CNCC(=O)Nc2cccc(NC(=O)C(C)(C)C)c2)cc1. The third-order valence-corrected chi connectivity index (χ3v) is 4.00. The molecule has 0 atom stereocenters. The van der Waals surface area contributed by atoms with E-state index in [1.165, 1.54) is 0 Å². The molecule has 0 fully saturated rings. The third-order valence-electron chi connectivity index (χ3n) is 4.00. The zero-order valence-corrected chi connectivity index (χ0v) is 17.8. The lowest BCUT2D eigenvalue weighted by Gasteiger charge is -2.18. The van der Waals surface area contributed by atoms with E-state index in [9.17, 15) is 9.59 Å². The smallest absolute Gasteiger partial charge is 0.238 e. The van der Waals surface area contributed by atoms with Crippen LogP contribution in [0.25, 0.3) is 0 Å². The van der Waals surface area contributed by atoms with E-state index in [0.29, 0.717) is 17.9 Å². The van der Waals surface area contributed by atoms with Gasteiger partial charge < -0.3 is 20.7 Å². The first-order valence-corrected chi connectivity index (χ1v) is 9.81. The number of amides is 2. The van der Waals surface area contributed by atoms with Gasteiger partial charge in [-0.3, -0.25) is 9.59 Å². The molecule has 2 rings (SSSR count). The van der Waals surface area contributed by atoms with E-state index in [1.54, 1.807) is 24.3 Å². The lowest BCUT2D eigenvalue weighted by molar-refractivity contribution is -0.123.